The monoisotopic (exact) mass is 354 g/mol. The van der Waals surface area contributed by atoms with Gasteiger partial charge < -0.3 is 19.4 Å². The lowest BCUT2D eigenvalue weighted by molar-refractivity contribution is -0.146. The first-order chi connectivity index (χ1) is 10.9. The van der Waals surface area contributed by atoms with E-state index in [1.807, 2.05) is 0 Å². The Labute approximate surface area is 145 Å². The lowest BCUT2D eigenvalue weighted by Gasteiger charge is -2.48. The Hall–Kier alpha value is -0.853. The van der Waals surface area contributed by atoms with Gasteiger partial charge in [0, 0.05) is 18.3 Å². The van der Waals surface area contributed by atoms with Crippen molar-refractivity contribution in [1.29, 1.82) is 0 Å². The maximum absolute atomic E-state index is 12.2. The van der Waals surface area contributed by atoms with Crippen LogP contribution < -0.4 is 0 Å². The van der Waals surface area contributed by atoms with Crippen LogP contribution in [0.15, 0.2) is 11.3 Å². The molecule has 2 aliphatic carbocycles. The van der Waals surface area contributed by atoms with E-state index in [0.29, 0.717) is 12.0 Å². The van der Waals surface area contributed by atoms with Gasteiger partial charge in [0.25, 0.3) is 0 Å². The fraction of sp³-hybridized carbons (Fsp3) is 0.833. The fourth-order valence-corrected chi connectivity index (χ4v) is 5.59. The van der Waals surface area contributed by atoms with Crippen LogP contribution >= 0.6 is 0 Å². The molecule has 3 rings (SSSR count). The van der Waals surface area contributed by atoms with Gasteiger partial charge in [-0.2, -0.15) is 0 Å². The number of rotatable bonds is 2. The smallest absolute Gasteiger partial charge is 0.338 e. The molecule has 2 N–H and O–H groups in total. The summed E-state index contributed by atoms with van der Waals surface area (Å²) >= 11 is 0. The minimum atomic E-state index is -1.96. The summed E-state index contributed by atoms with van der Waals surface area (Å²) < 4.78 is 12.2. The van der Waals surface area contributed by atoms with Gasteiger partial charge in [0.2, 0.25) is 0 Å². The van der Waals surface area contributed by atoms with Gasteiger partial charge in [-0.25, -0.2) is 4.79 Å². The van der Waals surface area contributed by atoms with Crippen molar-refractivity contribution in [2.75, 3.05) is 0 Å². The second kappa shape index (κ2) is 5.58. The van der Waals surface area contributed by atoms with Gasteiger partial charge in [0.1, 0.15) is 11.9 Å². The van der Waals surface area contributed by atoms with Crippen LogP contribution in [0.5, 0.6) is 0 Å². The van der Waals surface area contributed by atoms with E-state index >= 15 is 0 Å². The summed E-state index contributed by atoms with van der Waals surface area (Å²) in [5, 5.41) is 20.7. The Bertz CT molecular complexity index is 576. The third kappa shape index (κ3) is 2.63. The summed E-state index contributed by atoms with van der Waals surface area (Å²) in [5.41, 5.74) is 0.396. The van der Waals surface area contributed by atoms with Crippen molar-refractivity contribution in [3.63, 3.8) is 0 Å². The number of hydrogen-bond donors (Lipinski definition) is 2. The number of hydrogen-bond acceptors (Lipinski definition) is 5. The predicted octanol–water partition coefficient (Wildman–Crippen LogP) is 3.15. The summed E-state index contributed by atoms with van der Waals surface area (Å²) in [5.74, 6) is -0.639. The first-order valence-corrected chi connectivity index (χ1v) is 11.8. The summed E-state index contributed by atoms with van der Waals surface area (Å²) in [6.07, 6.45) is -0.130. The SMILES string of the molecule is C[C@@H]1[C@H]2OC(=O)C3=C(O)C[C@H](O)[C@@H](C[C@H]1O[Si](C)(C)C(C)(C)C)[C@H]32. The van der Waals surface area contributed by atoms with Crippen LogP contribution in [0.4, 0.5) is 0 Å². The molecule has 0 aromatic rings. The molecule has 6 atom stereocenters. The summed E-state index contributed by atoms with van der Waals surface area (Å²) in [7, 11) is -1.96. The number of aliphatic hydroxyl groups excluding tert-OH is 2. The highest BCUT2D eigenvalue weighted by Gasteiger charge is 2.58. The highest BCUT2D eigenvalue weighted by Crippen LogP contribution is 2.52. The third-order valence-electron chi connectivity index (χ3n) is 6.68. The molecule has 0 spiro atoms. The van der Waals surface area contributed by atoms with Crippen molar-refractivity contribution in [1.82, 2.24) is 0 Å². The number of carbonyl (C=O) groups excluding carboxylic acids is 1. The van der Waals surface area contributed by atoms with E-state index < -0.39 is 20.4 Å². The van der Waals surface area contributed by atoms with Gasteiger partial charge in [-0.15, -0.1) is 0 Å². The number of esters is 1. The Balaban J connectivity index is 1.90. The molecule has 24 heavy (non-hydrogen) atoms. The van der Waals surface area contributed by atoms with E-state index in [1.165, 1.54) is 0 Å². The van der Waals surface area contributed by atoms with Crippen molar-refractivity contribution in [2.45, 2.75) is 77.0 Å². The normalized spacial score (nSPS) is 39.7. The molecule has 3 aliphatic rings. The van der Waals surface area contributed by atoms with Crippen LogP contribution in [-0.2, 0) is 14.0 Å². The lowest BCUT2D eigenvalue weighted by Crippen LogP contribution is -2.54. The molecule has 0 radical (unpaired) electrons. The zero-order valence-electron chi connectivity index (χ0n) is 15.5. The number of carbonyl (C=O) groups is 1. The molecule has 2 fully saturated rings. The molecule has 0 aromatic carbocycles. The second-order valence-electron chi connectivity index (χ2n) is 9.20. The highest BCUT2D eigenvalue weighted by atomic mass is 28.4. The van der Waals surface area contributed by atoms with E-state index in [4.69, 9.17) is 9.16 Å². The molecule has 1 saturated heterocycles. The Morgan fingerprint density at radius 3 is 2.50 bits per heavy atom. The molecule has 0 aromatic heterocycles. The molecular weight excluding hydrogens is 324 g/mol. The predicted molar refractivity (Wildman–Crippen MR) is 93.0 cm³/mol. The zero-order chi connectivity index (χ0) is 18.0. The largest absolute Gasteiger partial charge is 0.512 e. The van der Waals surface area contributed by atoms with Gasteiger partial charge in [-0.3, -0.25) is 0 Å². The van der Waals surface area contributed by atoms with Crippen molar-refractivity contribution >= 4 is 14.3 Å². The molecule has 0 amide bonds. The Morgan fingerprint density at radius 1 is 1.29 bits per heavy atom. The fourth-order valence-electron chi connectivity index (χ4n) is 4.17. The minimum absolute atomic E-state index is 0.00668. The summed E-state index contributed by atoms with van der Waals surface area (Å²) in [6, 6.07) is 0. The quantitative estimate of drug-likeness (QED) is 0.588. The van der Waals surface area contributed by atoms with Crippen molar-refractivity contribution in [2.24, 2.45) is 17.8 Å². The molecule has 1 heterocycles. The zero-order valence-corrected chi connectivity index (χ0v) is 16.5. The van der Waals surface area contributed by atoms with E-state index in [0.717, 1.165) is 0 Å². The third-order valence-corrected chi connectivity index (χ3v) is 11.2. The Morgan fingerprint density at radius 2 is 1.92 bits per heavy atom. The maximum atomic E-state index is 12.2. The topological polar surface area (TPSA) is 76.0 Å². The first kappa shape index (κ1) is 18.0. The van der Waals surface area contributed by atoms with Crippen LogP contribution in [0.2, 0.25) is 18.1 Å². The average molecular weight is 355 g/mol. The van der Waals surface area contributed by atoms with E-state index in [9.17, 15) is 15.0 Å². The van der Waals surface area contributed by atoms with Crippen LogP contribution in [0.1, 0.15) is 40.5 Å². The maximum Gasteiger partial charge on any atom is 0.338 e. The van der Waals surface area contributed by atoms with E-state index in [-0.39, 0.29) is 47.2 Å². The summed E-state index contributed by atoms with van der Waals surface area (Å²) in [6.45, 7) is 13.1. The van der Waals surface area contributed by atoms with Gasteiger partial charge in [0.05, 0.1) is 17.8 Å². The summed E-state index contributed by atoms with van der Waals surface area (Å²) in [4.78, 5) is 12.2. The van der Waals surface area contributed by atoms with Crippen molar-refractivity contribution in [3.05, 3.63) is 11.3 Å². The second-order valence-corrected chi connectivity index (χ2v) is 14.0. The standard InChI is InChI=1S/C18H30O5Si/c1-9-13(23-24(5,6)18(2,3)4)7-10-11(19)8-12(20)15-14(10)16(9)22-17(15)21/h9-11,13-14,16,19-20H,7-8H2,1-6H3/t9-,10+,11-,13+,14+,16+/m0/s1. The number of ether oxygens (including phenoxy) is 1. The molecule has 136 valence electrons. The minimum Gasteiger partial charge on any atom is -0.512 e. The van der Waals surface area contributed by atoms with Gasteiger partial charge >= 0.3 is 5.97 Å². The Kier molecular flexibility index (Phi) is 4.17. The molecule has 1 aliphatic heterocycles. The number of aliphatic hydroxyl groups is 2. The lowest BCUT2D eigenvalue weighted by atomic mass is 9.64. The van der Waals surface area contributed by atoms with Gasteiger partial charge in [0.15, 0.2) is 8.32 Å². The van der Waals surface area contributed by atoms with Crippen LogP contribution in [0.3, 0.4) is 0 Å². The van der Waals surface area contributed by atoms with Crippen molar-refractivity contribution in [3.8, 4) is 0 Å². The van der Waals surface area contributed by atoms with Crippen molar-refractivity contribution < 1.29 is 24.2 Å². The van der Waals surface area contributed by atoms with Gasteiger partial charge in [-0.1, -0.05) is 27.7 Å². The highest BCUT2D eigenvalue weighted by molar-refractivity contribution is 6.74. The van der Waals surface area contributed by atoms with E-state index in [1.54, 1.807) is 0 Å². The molecule has 0 bridgehead atoms. The first-order valence-electron chi connectivity index (χ1n) is 8.93. The van der Waals surface area contributed by atoms with Gasteiger partial charge in [-0.05, 0) is 30.5 Å². The van der Waals surface area contributed by atoms with Crippen LogP contribution in [0.25, 0.3) is 0 Å². The average Bonchev–Trinajstić information content (AvgIpc) is 2.77. The molecular formula is C18H30O5Si. The van der Waals surface area contributed by atoms with Crippen LogP contribution in [-0.4, -0.2) is 42.8 Å². The molecule has 0 unspecified atom stereocenters. The molecule has 5 nitrogen and oxygen atoms in total. The van der Waals surface area contributed by atoms with E-state index in [2.05, 4.69) is 40.8 Å². The molecule has 6 heteroatoms. The van der Waals surface area contributed by atoms with Crippen LogP contribution in [0, 0.1) is 17.8 Å². The molecule has 1 saturated carbocycles.